The molecule has 6 nitrogen and oxygen atoms in total. The molecule has 1 aliphatic heterocycles. The van der Waals surface area contributed by atoms with Gasteiger partial charge in [-0.3, -0.25) is 9.59 Å². The monoisotopic (exact) mass is 301 g/mol. The van der Waals surface area contributed by atoms with E-state index in [0.717, 1.165) is 5.52 Å². The number of carbonyl (C=O) groups is 2. The fourth-order valence-electron chi connectivity index (χ4n) is 2.67. The van der Waals surface area contributed by atoms with Crippen molar-refractivity contribution in [1.29, 1.82) is 0 Å². The van der Waals surface area contributed by atoms with Crippen molar-refractivity contribution in [2.75, 3.05) is 26.2 Å². The molecule has 22 heavy (non-hydrogen) atoms. The van der Waals surface area contributed by atoms with Crippen LogP contribution in [0.25, 0.3) is 11.1 Å². The minimum Gasteiger partial charge on any atom is -0.443 e. The SMILES string of the molecule is CC(C)C(=O)N1CCN(C(=O)c2ccc3ncoc3c2)CC1. The lowest BCUT2D eigenvalue weighted by atomic mass is 10.1. The van der Waals surface area contributed by atoms with Crippen LogP contribution < -0.4 is 0 Å². The van der Waals surface area contributed by atoms with Crippen molar-refractivity contribution >= 4 is 22.9 Å². The molecule has 1 saturated heterocycles. The van der Waals surface area contributed by atoms with Gasteiger partial charge in [-0.05, 0) is 18.2 Å². The van der Waals surface area contributed by atoms with Gasteiger partial charge >= 0.3 is 0 Å². The molecule has 1 aliphatic rings. The number of oxazole rings is 1. The van der Waals surface area contributed by atoms with Crippen molar-refractivity contribution in [2.24, 2.45) is 5.92 Å². The van der Waals surface area contributed by atoms with E-state index in [1.54, 1.807) is 23.1 Å². The average Bonchev–Trinajstić information content (AvgIpc) is 3.01. The lowest BCUT2D eigenvalue weighted by Crippen LogP contribution is -2.51. The predicted molar refractivity (Wildman–Crippen MR) is 81.3 cm³/mol. The van der Waals surface area contributed by atoms with Gasteiger partial charge < -0.3 is 14.2 Å². The van der Waals surface area contributed by atoms with Gasteiger partial charge in [-0.25, -0.2) is 4.98 Å². The number of hydrogen-bond donors (Lipinski definition) is 0. The number of nitrogens with zero attached hydrogens (tertiary/aromatic N) is 3. The van der Waals surface area contributed by atoms with E-state index in [9.17, 15) is 9.59 Å². The van der Waals surface area contributed by atoms with E-state index < -0.39 is 0 Å². The number of fused-ring (bicyclic) bond motifs is 1. The van der Waals surface area contributed by atoms with Gasteiger partial charge in [0.25, 0.3) is 5.91 Å². The van der Waals surface area contributed by atoms with Crippen LogP contribution in [0, 0.1) is 5.92 Å². The lowest BCUT2D eigenvalue weighted by Gasteiger charge is -2.35. The molecule has 1 fully saturated rings. The number of aromatic nitrogens is 1. The molecule has 0 radical (unpaired) electrons. The molecular formula is C16H19N3O3. The van der Waals surface area contributed by atoms with Crippen LogP contribution in [0.5, 0.6) is 0 Å². The highest BCUT2D eigenvalue weighted by atomic mass is 16.3. The van der Waals surface area contributed by atoms with Crippen LogP contribution in [0.15, 0.2) is 29.0 Å². The quantitative estimate of drug-likeness (QED) is 0.848. The Labute approximate surface area is 128 Å². The number of hydrogen-bond acceptors (Lipinski definition) is 4. The van der Waals surface area contributed by atoms with E-state index in [-0.39, 0.29) is 17.7 Å². The molecule has 2 aromatic rings. The molecule has 0 aliphatic carbocycles. The normalized spacial score (nSPS) is 15.6. The molecule has 0 N–H and O–H groups in total. The molecule has 0 saturated carbocycles. The maximum absolute atomic E-state index is 12.5. The Morgan fingerprint density at radius 3 is 2.50 bits per heavy atom. The Balaban J connectivity index is 1.68. The van der Waals surface area contributed by atoms with Gasteiger partial charge in [-0.1, -0.05) is 13.8 Å². The first-order chi connectivity index (χ1) is 10.6. The standard InChI is InChI=1S/C16H19N3O3/c1-11(2)15(20)18-5-7-19(8-6-18)16(21)12-3-4-13-14(9-12)22-10-17-13/h3-4,9-11H,5-8H2,1-2H3. The number of amides is 2. The largest absolute Gasteiger partial charge is 0.443 e. The van der Waals surface area contributed by atoms with Crippen molar-refractivity contribution < 1.29 is 14.0 Å². The van der Waals surface area contributed by atoms with Gasteiger partial charge in [-0.2, -0.15) is 0 Å². The molecule has 0 unspecified atom stereocenters. The van der Waals surface area contributed by atoms with Crippen LogP contribution in [0.2, 0.25) is 0 Å². The van der Waals surface area contributed by atoms with Gasteiger partial charge in [0.05, 0.1) is 0 Å². The van der Waals surface area contributed by atoms with Crippen LogP contribution >= 0.6 is 0 Å². The van der Waals surface area contributed by atoms with Crippen molar-refractivity contribution in [2.45, 2.75) is 13.8 Å². The van der Waals surface area contributed by atoms with E-state index in [4.69, 9.17) is 4.42 Å². The van der Waals surface area contributed by atoms with Crippen LogP contribution in [-0.2, 0) is 4.79 Å². The minimum atomic E-state index is -0.0325. The zero-order valence-electron chi connectivity index (χ0n) is 12.8. The maximum Gasteiger partial charge on any atom is 0.254 e. The molecule has 0 spiro atoms. The second-order valence-electron chi connectivity index (χ2n) is 5.81. The fourth-order valence-corrected chi connectivity index (χ4v) is 2.67. The Hall–Kier alpha value is -2.37. The second kappa shape index (κ2) is 5.79. The van der Waals surface area contributed by atoms with E-state index in [1.165, 1.54) is 6.39 Å². The summed E-state index contributed by atoms with van der Waals surface area (Å²) in [4.78, 5) is 32.1. The maximum atomic E-state index is 12.5. The fraction of sp³-hybridized carbons (Fsp3) is 0.438. The summed E-state index contributed by atoms with van der Waals surface area (Å²) in [6, 6.07) is 5.26. The summed E-state index contributed by atoms with van der Waals surface area (Å²) in [5, 5.41) is 0. The highest BCUT2D eigenvalue weighted by molar-refractivity contribution is 5.97. The molecule has 116 valence electrons. The van der Waals surface area contributed by atoms with E-state index in [1.807, 2.05) is 18.7 Å². The summed E-state index contributed by atoms with van der Waals surface area (Å²) in [5.41, 5.74) is 1.94. The van der Waals surface area contributed by atoms with Crippen LogP contribution in [0.4, 0.5) is 0 Å². The number of piperazine rings is 1. The minimum absolute atomic E-state index is 0.00360. The summed E-state index contributed by atoms with van der Waals surface area (Å²) in [6.45, 7) is 6.09. The van der Waals surface area contributed by atoms with Gasteiger partial charge in [-0.15, -0.1) is 0 Å². The third-order valence-corrected chi connectivity index (χ3v) is 3.95. The molecule has 1 aromatic carbocycles. The van der Waals surface area contributed by atoms with Crippen molar-refractivity contribution in [1.82, 2.24) is 14.8 Å². The van der Waals surface area contributed by atoms with Crippen molar-refractivity contribution in [3.05, 3.63) is 30.2 Å². The zero-order valence-corrected chi connectivity index (χ0v) is 12.8. The highest BCUT2D eigenvalue weighted by Gasteiger charge is 2.26. The molecular weight excluding hydrogens is 282 g/mol. The summed E-state index contributed by atoms with van der Waals surface area (Å²) in [6.07, 6.45) is 1.37. The Bertz CT molecular complexity index is 699. The van der Waals surface area contributed by atoms with Gasteiger partial charge in [0.15, 0.2) is 12.0 Å². The molecule has 0 atom stereocenters. The second-order valence-corrected chi connectivity index (χ2v) is 5.81. The molecule has 2 heterocycles. The zero-order chi connectivity index (χ0) is 15.7. The Morgan fingerprint density at radius 2 is 1.82 bits per heavy atom. The Kier molecular flexibility index (Phi) is 3.83. The van der Waals surface area contributed by atoms with Gasteiger partial charge in [0.1, 0.15) is 5.52 Å². The van der Waals surface area contributed by atoms with Gasteiger partial charge in [0.2, 0.25) is 5.91 Å². The van der Waals surface area contributed by atoms with Crippen molar-refractivity contribution in [3.63, 3.8) is 0 Å². The molecule has 3 rings (SSSR count). The third kappa shape index (κ3) is 2.68. The van der Waals surface area contributed by atoms with Gasteiger partial charge in [0, 0.05) is 37.7 Å². The first-order valence-corrected chi connectivity index (χ1v) is 7.47. The summed E-state index contributed by atoms with van der Waals surface area (Å²) < 4.78 is 5.24. The molecule has 2 amide bonds. The average molecular weight is 301 g/mol. The lowest BCUT2D eigenvalue weighted by molar-refractivity contribution is -0.135. The highest BCUT2D eigenvalue weighted by Crippen LogP contribution is 2.17. The smallest absolute Gasteiger partial charge is 0.254 e. The first kappa shape index (κ1) is 14.6. The molecule has 1 aromatic heterocycles. The number of carbonyl (C=O) groups excluding carboxylic acids is 2. The van der Waals surface area contributed by atoms with E-state index in [2.05, 4.69) is 4.98 Å². The van der Waals surface area contributed by atoms with Crippen LogP contribution in [0.3, 0.4) is 0 Å². The summed E-state index contributed by atoms with van der Waals surface area (Å²) >= 11 is 0. The summed E-state index contributed by atoms with van der Waals surface area (Å²) in [5.74, 6) is 0.112. The predicted octanol–water partition coefficient (Wildman–Crippen LogP) is 1.77. The Morgan fingerprint density at radius 1 is 1.14 bits per heavy atom. The van der Waals surface area contributed by atoms with Crippen LogP contribution in [-0.4, -0.2) is 52.8 Å². The van der Waals surface area contributed by atoms with Crippen molar-refractivity contribution in [3.8, 4) is 0 Å². The summed E-state index contributed by atoms with van der Waals surface area (Å²) in [7, 11) is 0. The number of rotatable bonds is 2. The third-order valence-electron chi connectivity index (χ3n) is 3.95. The van der Waals surface area contributed by atoms with Crippen LogP contribution in [0.1, 0.15) is 24.2 Å². The van der Waals surface area contributed by atoms with E-state index in [0.29, 0.717) is 37.3 Å². The molecule has 6 heteroatoms. The topological polar surface area (TPSA) is 66.7 Å². The number of benzene rings is 1. The van der Waals surface area contributed by atoms with E-state index >= 15 is 0 Å². The molecule has 0 bridgehead atoms. The first-order valence-electron chi connectivity index (χ1n) is 7.47.